The Hall–Kier alpha value is -4.03. The van der Waals surface area contributed by atoms with E-state index in [4.69, 9.17) is 11.2 Å². The monoisotopic (exact) mass is 583 g/mol. The van der Waals surface area contributed by atoms with Crippen molar-refractivity contribution in [1.82, 2.24) is 19.9 Å². The summed E-state index contributed by atoms with van der Waals surface area (Å²) in [5, 5.41) is 12.2. The van der Waals surface area contributed by atoms with Crippen LogP contribution >= 0.6 is 0 Å². The van der Waals surface area contributed by atoms with E-state index >= 15 is 4.39 Å². The molecular weight excluding hydrogens is 548 g/mol. The molecule has 3 aliphatic heterocycles. The summed E-state index contributed by atoms with van der Waals surface area (Å²) < 4.78 is 34.1. The molecule has 4 aromatic rings. The maximum Gasteiger partial charge on any atom is 0.318 e. The highest BCUT2D eigenvalue weighted by molar-refractivity contribution is 6.02. The summed E-state index contributed by atoms with van der Waals surface area (Å²) in [5.41, 5.74) is 1.22. The molecule has 9 heteroatoms. The number of hydrogen-bond acceptors (Lipinski definition) is 7. The van der Waals surface area contributed by atoms with Crippen molar-refractivity contribution in [2.75, 3.05) is 38.2 Å². The lowest BCUT2D eigenvalue weighted by Gasteiger charge is -2.33. The molecule has 0 spiro atoms. The number of rotatable bonds is 3. The highest BCUT2D eigenvalue weighted by atomic mass is 19.1. The number of phenolic OH excluding ortho intramolecular Hbond substituents is 1. The SMILES string of the molecule is C#Cc1cccc2cc(O)cc(-c3ncc4c(N5CC6CCC(C6)C5)nc(OC)nc4c3F)c12.FC1CC2CCCN2C1. The third kappa shape index (κ3) is 5.12. The number of nitrogens with zero attached hydrogens (tertiary/aromatic N) is 5. The van der Waals surface area contributed by atoms with Gasteiger partial charge in [-0.25, -0.2) is 8.78 Å². The molecular formula is C34H35F2N5O2. The van der Waals surface area contributed by atoms with Crippen LogP contribution in [-0.4, -0.2) is 70.5 Å². The Morgan fingerprint density at radius 3 is 2.63 bits per heavy atom. The quantitative estimate of drug-likeness (QED) is 0.292. The smallest absolute Gasteiger partial charge is 0.318 e. The van der Waals surface area contributed by atoms with Gasteiger partial charge >= 0.3 is 6.01 Å². The highest BCUT2D eigenvalue weighted by Crippen LogP contribution is 2.41. The Labute approximate surface area is 249 Å². The lowest BCUT2D eigenvalue weighted by atomic mass is 9.96. The van der Waals surface area contributed by atoms with Gasteiger partial charge in [0.2, 0.25) is 0 Å². The minimum Gasteiger partial charge on any atom is -0.508 e. The largest absolute Gasteiger partial charge is 0.508 e. The summed E-state index contributed by atoms with van der Waals surface area (Å²) in [6.45, 7) is 3.63. The molecule has 4 unspecified atom stereocenters. The number of pyridine rings is 1. The Morgan fingerprint density at radius 2 is 1.88 bits per heavy atom. The van der Waals surface area contributed by atoms with E-state index in [1.54, 1.807) is 24.4 Å². The van der Waals surface area contributed by atoms with Crippen molar-refractivity contribution < 1.29 is 18.6 Å². The number of alkyl halides is 1. The Balaban J connectivity index is 0.000000283. The van der Waals surface area contributed by atoms with E-state index in [0.29, 0.717) is 57.5 Å². The fourth-order valence-electron chi connectivity index (χ4n) is 7.67. The molecule has 2 aromatic carbocycles. The summed E-state index contributed by atoms with van der Waals surface area (Å²) in [6.07, 6.45) is 13.8. The Bertz CT molecular complexity index is 1720. The van der Waals surface area contributed by atoms with Crippen molar-refractivity contribution in [3.63, 3.8) is 0 Å². The minimum atomic E-state index is -0.599. The normalized spacial score (nSPS) is 24.6. The van der Waals surface area contributed by atoms with Gasteiger partial charge in [-0.3, -0.25) is 9.88 Å². The molecule has 4 fully saturated rings. The average Bonchev–Trinajstić information content (AvgIpc) is 3.70. The molecule has 3 saturated heterocycles. The molecule has 0 amide bonds. The first kappa shape index (κ1) is 27.8. The fraction of sp³-hybridized carbons (Fsp3) is 0.441. The van der Waals surface area contributed by atoms with Crippen molar-refractivity contribution in [2.45, 2.75) is 50.7 Å². The van der Waals surface area contributed by atoms with Crippen LogP contribution in [0.25, 0.3) is 32.9 Å². The van der Waals surface area contributed by atoms with Crippen molar-refractivity contribution in [2.24, 2.45) is 11.8 Å². The zero-order valence-electron chi connectivity index (χ0n) is 24.3. The summed E-state index contributed by atoms with van der Waals surface area (Å²) >= 11 is 0. The van der Waals surface area contributed by atoms with E-state index in [0.717, 1.165) is 26.1 Å². The minimum absolute atomic E-state index is 0.00252. The number of piperidine rings is 1. The first-order valence-corrected chi connectivity index (χ1v) is 15.2. The third-order valence-corrected chi connectivity index (χ3v) is 9.56. The number of benzene rings is 2. The lowest BCUT2D eigenvalue weighted by molar-refractivity contribution is 0.292. The summed E-state index contributed by atoms with van der Waals surface area (Å²) in [4.78, 5) is 18.0. The van der Waals surface area contributed by atoms with Gasteiger partial charge in [-0.05, 0) is 80.5 Å². The van der Waals surface area contributed by atoms with Crippen LogP contribution in [-0.2, 0) is 0 Å². The van der Waals surface area contributed by atoms with Crippen LogP contribution in [0.3, 0.4) is 0 Å². The van der Waals surface area contributed by atoms with E-state index in [1.807, 2.05) is 6.07 Å². The third-order valence-electron chi connectivity index (χ3n) is 9.56. The summed E-state index contributed by atoms with van der Waals surface area (Å²) in [5.74, 6) is 3.98. The summed E-state index contributed by atoms with van der Waals surface area (Å²) in [7, 11) is 1.48. The summed E-state index contributed by atoms with van der Waals surface area (Å²) in [6, 6.07) is 9.24. The maximum atomic E-state index is 16.1. The van der Waals surface area contributed by atoms with E-state index in [9.17, 15) is 9.50 Å². The number of fused-ring (bicyclic) bond motifs is 5. The van der Waals surface area contributed by atoms with Crippen molar-refractivity contribution in [3.05, 3.63) is 47.9 Å². The average molecular weight is 584 g/mol. The van der Waals surface area contributed by atoms with Crippen molar-refractivity contribution in [3.8, 4) is 35.4 Å². The van der Waals surface area contributed by atoms with Gasteiger partial charge < -0.3 is 14.7 Å². The first-order valence-electron chi connectivity index (χ1n) is 15.2. The molecule has 5 heterocycles. The number of methoxy groups -OCH3 is 1. The zero-order chi connectivity index (χ0) is 29.7. The van der Waals surface area contributed by atoms with Crippen LogP contribution in [0.2, 0.25) is 0 Å². The van der Waals surface area contributed by atoms with Gasteiger partial charge in [-0.15, -0.1) is 6.42 Å². The van der Waals surface area contributed by atoms with E-state index in [-0.39, 0.29) is 23.0 Å². The molecule has 1 saturated carbocycles. The van der Waals surface area contributed by atoms with Gasteiger partial charge in [-0.2, -0.15) is 9.97 Å². The molecule has 2 bridgehead atoms. The number of ether oxygens (including phenoxy) is 1. The van der Waals surface area contributed by atoms with Gasteiger partial charge in [0.05, 0.1) is 12.5 Å². The first-order chi connectivity index (χ1) is 20.9. The van der Waals surface area contributed by atoms with Gasteiger partial charge in [-0.1, -0.05) is 18.1 Å². The lowest BCUT2D eigenvalue weighted by Crippen LogP contribution is -2.37. The van der Waals surface area contributed by atoms with Gasteiger partial charge in [0.25, 0.3) is 0 Å². The number of phenols is 1. The van der Waals surface area contributed by atoms with Crippen LogP contribution < -0.4 is 9.64 Å². The van der Waals surface area contributed by atoms with E-state index in [1.165, 1.54) is 45.3 Å². The van der Waals surface area contributed by atoms with E-state index in [2.05, 4.69) is 30.7 Å². The molecule has 4 aliphatic rings. The second kappa shape index (κ2) is 11.2. The Kier molecular flexibility index (Phi) is 7.26. The topological polar surface area (TPSA) is 74.6 Å². The molecule has 8 rings (SSSR count). The Morgan fingerprint density at radius 1 is 1.07 bits per heavy atom. The van der Waals surface area contributed by atoms with Crippen LogP contribution in [0.15, 0.2) is 36.5 Å². The number of aromatic nitrogens is 3. The molecule has 43 heavy (non-hydrogen) atoms. The van der Waals surface area contributed by atoms with Crippen LogP contribution in [0.4, 0.5) is 14.6 Å². The van der Waals surface area contributed by atoms with Gasteiger partial charge in [0.15, 0.2) is 5.82 Å². The maximum absolute atomic E-state index is 16.1. The van der Waals surface area contributed by atoms with Crippen LogP contribution in [0, 0.1) is 30.0 Å². The van der Waals surface area contributed by atoms with Crippen LogP contribution in [0.5, 0.6) is 11.8 Å². The molecule has 1 N–H and O–H groups in total. The number of terminal acetylenes is 1. The standard InChI is InChI=1S/C27H23FN4O2.C7H12FN/c1-3-17-5-4-6-18-10-19(33)11-20(22(17)18)24-23(28)25-21(12-29-24)26(31-27(30-25)34-2)32-13-15-7-8-16(9-15)14-32;8-6-4-7-2-1-3-9(7)5-6/h1,4-6,10-12,15-16,33H,7-9,13-14H2,2H3;6-7H,1-5H2. The van der Waals surface area contributed by atoms with Crippen LogP contribution in [0.1, 0.15) is 44.1 Å². The van der Waals surface area contributed by atoms with E-state index < -0.39 is 12.0 Å². The van der Waals surface area contributed by atoms with Gasteiger partial charge in [0, 0.05) is 48.4 Å². The fourth-order valence-corrected chi connectivity index (χ4v) is 7.67. The second-order valence-electron chi connectivity index (χ2n) is 12.3. The molecule has 222 valence electrons. The number of anilines is 1. The second-order valence-corrected chi connectivity index (χ2v) is 12.3. The van der Waals surface area contributed by atoms with Crippen molar-refractivity contribution in [1.29, 1.82) is 0 Å². The predicted molar refractivity (Wildman–Crippen MR) is 164 cm³/mol. The molecule has 4 atom stereocenters. The molecule has 1 aliphatic carbocycles. The highest BCUT2D eigenvalue weighted by Gasteiger charge is 2.36. The predicted octanol–water partition coefficient (Wildman–Crippen LogP) is 6.11. The van der Waals surface area contributed by atoms with Crippen molar-refractivity contribution >= 4 is 27.5 Å². The van der Waals surface area contributed by atoms with Gasteiger partial charge in [0.1, 0.15) is 28.9 Å². The molecule has 7 nitrogen and oxygen atoms in total. The number of aromatic hydroxyl groups is 1. The number of hydrogen-bond donors (Lipinski definition) is 1. The number of halogens is 2. The molecule has 0 radical (unpaired) electrons. The molecule has 2 aromatic heterocycles. The zero-order valence-corrected chi connectivity index (χ0v) is 24.3.